The van der Waals surface area contributed by atoms with E-state index >= 15 is 0 Å². The van der Waals surface area contributed by atoms with Gasteiger partial charge in [0, 0.05) is 18.6 Å². The van der Waals surface area contributed by atoms with Crippen LogP contribution in [0.1, 0.15) is 43.0 Å². The fourth-order valence-electron chi connectivity index (χ4n) is 2.57. The van der Waals surface area contributed by atoms with Gasteiger partial charge in [-0.25, -0.2) is 4.68 Å². The number of hydrogen-bond acceptors (Lipinski definition) is 3. The molecule has 1 aliphatic rings. The van der Waals surface area contributed by atoms with Crippen LogP contribution in [-0.2, 0) is 6.42 Å². The normalized spacial score (nSPS) is 16.9. The molecule has 0 aromatic carbocycles. The second kappa shape index (κ2) is 4.87. The van der Waals surface area contributed by atoms with Gasteiger partial charge in [0.2, 0.25) is 5.88 Å². The van der Waals surface area contributed by atoms with Crippen molar-refractivity contribution in [2.75, 3.05) is 13.7 Å². The third-order valence-electron chi connectivity index (χ3n) is 3.39. The predicted molar refractivity (Wildman–Crippen MR) is 61.8 cm³/mol. The maximum atomic E-state index is 9.05. The lowest BCUT2D eigenvalue weighted by molar-refractivity contribution is 0.292. The standard InChI is InChI=1S/C12H20N2O2/c1-9-11(7-8-15)12(16-2)14(13-9)10-5-3-4-6-10/h10,15H,3-8H2,1-2H3. The third kappa shape index (κ3) is 1.94. The van der Waals surface area contributed by atoms with E-state index in [1.807, 2.05) is 11.6 Å². The molecule has 0 atom stereocenters. The summed E-state index contributed by atoms with van der Waals surface area (Å²) < 4.78 is 7.47. The third-order valence-corrected chi connectivity index (χ3v) is 3.39. The van der Waals surface area contributed by atoms with Crippen molar-refractivity contribution < 1.29 is 9.84 Å². The molecule has 16 heavy (non-hydrogen) atoms. The average molecular weight is 224 g/mol. The van der Waals surface area contributed by atoms with Crippen LogP contribution in [0.2, 0.25) is 0 Å². The van der Waals surface area contributed by atoms with Crippen molar-refractivity contribution in [2.24, 2.45) is 0 Å². The van der Waals surface area contributed by atoms with Crippen LogP contribution in [0.25, 0.3) is 0 Å². The van der Waals surface area contributed by atoms with Crippen LogP contribution in [0.3, 0.4) is 0 Å². The maximum absolute atomic E-state index is 9.05. The second-order valence-electron chi connectivity index (χ2n) is 4.43. The topological polar surface area (TPSA) is 47.3 Å². The van der Waals surface area contributed by atoms with Crippen molar-refractivity contribution in [1.82, 2.24) is 9.78 Å². The van der Waals surface area contributed by atoms with Gasteiger partial charge in [0.15, 0.2) is 0 Å². The fourth-order valence-corrected chi connectivity index (χ4v) is 2.57. The summed E-state index contributed by atoms with van der Waals surface area (Å²) in [6, 6.07) is 0.487. The molecule has 1 heterocycles. The first kappa shape index (κ1) is 11.5. The lowest BCUT2D eigenvalue weighted by Gasteiger charge is -2.13. The first-order valence-corrected chi connectivity index (χ1v) is 6.00. The van der Waals surface area contributed by atoms with E-state index < -0.39 is 0 Å². The van der Waals surface area contributed by atoms with E-state index in [4.69, 9.17) is 9.84 Å². The average Bonchev–Trinajstić information content (AvgIpc) is 2.88. The van der Waals surface area contributed by atoms with E-state index in [2.05, 4.69) is 5.10 Å². The summed E-state index contributed by atoms with van der Waals surface area (Å²) in [5.41, 5.74) is 2.04. The summed E-state index contributed by atoms with van der Waals surface area (Å²) in [7, 11) is 1.68. The first-order valence-electron chi connectivity index (χ1n) is 6.00. The summed E-state index contributed by atoms with van der Waals surface area (Å²) in [5, 5.41) is 13.6. The highest BCUT2D eigenvalue weighted by Crippen LogP contribution is 2.34. The molecule has 90 valence electrons. The smallest absolute Gasteiger partial charge is 0.215 e. The molecule has 0 bridgehead atoms. The van der Waals surface area contributed by atoms with Crippen LogP contribution in [0.5, 0.6) is 5.88 Å². The van der Waals surface area contributed by atoms with Crippen LogP contribution < -0.4 is 4.74 Å². The first-order chi connectivity index (χ1) is 7.77. The molecule has 0 aliphatic heterocycles. The molecular weight excluding hydrogens is 204 g/mol. The summed E-state index contributed by atoms with van der Waals surface area (Å²) >= 11 is 0. The molecule has 0 radical (unpaired) electrons. The van der Waals surface area contributed by atoms with E-state index in [0.717, 1.165) is 17.1 Å². The van der Waals surface area contributed by atoms with Crippen LogP contribution in [0, 0.1) is 6.92 Å². The van der Waals surface area contributed by atoms with Gasteiger partial charge < -0.3 is 9.84 Å². The highest BCUT2D eigenvalue weighted by Gasteiger charge is 2.24. The van der Waals surface area contributed by atoms with E-state index in [-0.39, 0.29) is 6.61 Å². The quantitative estimate of drug-likeness (QED) is 0.849. The number of ether oxygens (including phenoxy) is 1. The van der Waals surface area contributed by atoms with Crippen molar-refractivity contribution in [1.29, 1.82) is 0 Å². The summed E-state index contributed by atoms with van der Waals surface area (Å²) in [6.45, 7) is 2.13. The molecule has 4 heteroatoms. The lowest BCUT2D eigenvalue weighted by Crippen LogP contribution is -2.09. The number of methoxy groups -OCH3 is 1. The van der Waals surface area contributed by atoms with Crippen LogP contribution >= 0.6 is 0 Å². The molecule has 1 N–H and O–H groups in total. The number of aliphatic hydroxyl groups is 1. The maximum Gasteiger partial charge on any atom is 0.215 e. The number of rotatable bonds is 4. The van der Waals surface area contributed by atoms with Gasteiger partial charge in [-0.2, -0.15) is 5.10 Å². The molecule has 1 aromatic rings. The number of hydrogen-bond donors (Lipinski definition) is 1. The van der Waals surface area contributed by atoms with Gasteiger partial charge in [0.1, 0.15) is 0 Å². The van der Waals surface area contributed by atoms with E-state index in [1.54, 1.807) is 7.11 Å². The summed E-state index contributed by atoms with van der Waals surface area (Å²) in [4.78, 5) is 0. The zero-order valence-corrected chi connectivity index (χ0v) is 10.1. The minimum Gasteiger partial charge on any atom is -0.481 e. The largest absolute Gasteiger partial charge is 0.481 e. The predicted octanol–water partition coefficient (Wildman–Crippen LogP) is 1.85. The molecule has 1 fully saturated rings. The van der Waals surface area contributed by atoms with Crippen molar-refractivity contribution >= 4 is 0 Å². The molecule has 4 nitrogen and oxygen atoms in total. The van der Waals surface area contributed by atoms with Gasteiger partial charge in [-0.1, -0.05) is 12.8 Å². The number of aliphatic hydroxyl groups excluding tert-OH is 1. The SMILES string of the molecule is COc1c(CCO)c(C)nn1C1CCCC1. The van der Waals surface area contributed by atoms with Crippen LogP contribution in [0.15, 0.2) is 0 Å². The van der Waals surface area contributed by atoms with E-state index in [0.29, 0.717) is 12.5 Å². The Hall–Kier alpha value is -1.03. The molecular formula is C12H20N2O2. The number of nitrogens with zero attached hydrogens (tertiary/aromatic N) is 2. The Labute approximate surface area is 96.2 Å². The van der Waals surface area contributed by atoms with Crippen molar-refractivity contribution in [3.63, 3.8) is 0 Å². The van der Waals surface area contributed by atoms with Gasteiger partial charge in [-0.05, 0) is 19.8 Å². The Morgan fingerprint density at radius 3 is 2.69 bits per heavy atom. The van der Waals surface area contributed by atoms with Gasteiger partial charge in [-0.3, -0.25) is 0 Å². The Kier molecular flexibility index (Phi) is 3.49. The molecule has 0 saturated heterocycles. The summed E-state index contributed by atoms with van der Waals surface area (Å²) in [5.74, 6) is 0.846. The Morgan fingerprint density at radius 2 is 2.12 bits per heavy atom. The monoisotopic (exact) mass is 224 g/mol. The molecule has 2 rings (SSSR count). The Morgan fingerprint density at radius 1 is 1.44 bits per heavy atom. The van der Waals surface area contributed by atoms with E-state index in [1.165, 1.54) is 25.7 Å². The minimum absolute atomic E-state index is 0.146. The molecule has 1 saturated carbocycles. The van der Waals surface area contributed by atoms with Crippen molar-refractivity contribution in [3.05, 3.63) is 11.3 Å². The van der Waals surface area contributed by atoms with Gasteiger partial charge in [0.05, 0.1) is 18.8 Å². The minimum atomic E-state index is 0.146. The van der Waals surface area contributed by atoms with Gasteiger partial charge in [-0.15, -0.1) is 0 Å². The molecule has 0 spiro atoms. The van der Waals surface area contributed by atoms with E-state index in [9.17, 15) is 0 Å². The highest BCUT2D eigenvalue weighted by molar-refractivity contribution is 5.31. The molecule has 1 aromatic heterocycles. The Balaban J connectivity index is 2.33. The number of aromatic nitrogens is 2. The van der Waals surface area contributed by atoms with Crippen LogP contribution in [0.4, 0.5) is 0 Å². The molecule has 0 unspecified atom stereocenters. The van der Waals surface area contributed by atoms with Crippen LogP contribution in [-0.4, -0.2) is 28.6 Å². The lowest BCUT2D eigenvalue weighted by atomic mass is 10.2. The number of aryl methyl sites for hydroxylation is 1. The zero-order chi connectivity index (χ0) is 11.5. The zero-order valence-electron chi connectivity index (χ0n) is 10.1. The second-order valence-corrected chi connectivity index (χ2v) is 4.43. The Bertz CT molecular complexity index is 354. The fraction of sp³-hybridized carbons (Fsp3) is 0.750. The highest BCUT2D eigenvalue weighted by atomic mass is 16.5. The summed E-state index contributed by atoms with van der Waals surface area (Å²) in [6.07, 6.45) is 5.57. The molecule has 0 amide bonds. The van der Waals surface area contributed by atoms with Crippen molar-refractivity contribution in [2.45, 2.75) is 45.1 Å². The van der Waals surface area contributed by atoms with Crippen molar-refractivity contribution in [3.8, 4) is 5.88 Å². The molecule has 1 aliphatic carbocycles. The van der Waals surface area contributed by atoms with Gasteiger partial charge in [0.25, 0.3) is 0 Å². The van der Waals surface area contributed by atoms with Gasteiger partial charge >= 0.3 is 0 Å².